The van der Waals surface area contributed by atoms with Gasteiger partial charge in [-0.05, 0) is 24.8 Å². The van der Waals surface area contributed by atoms with Gasteiger partial charge in [-0.2, -0.15) is 0 Å². The van der Waals surface area contributed by atoms with Gasteiger partial charge in [-0.15, -0.1) is 0 Å². The molecule has 1 amide bonds. The zero-order valence-corrected chi connectivity index (χ0v) is 9.74. The van der Waals surface area contributed by atoms with Gasteiger partial charge in [0.15, 0.2) is 0 Å². The summed E-state index contributed by atoms with van der Waals surface area (Å²) >= 11 is 0. The van der Waals surface area contributed by atoms with Gasteiger partial charge in [-0.25, -0.2) is 0 Å². The minimum Gasteiger partial charge on any atom is -0.364 e. The van der Waals surface area contributed by atoms with Crippen LogP contribution in [-0.2, 0) is 4.79 Å². The fraction of sp³-hybridized carbons (Fsp3) is 0.692. The average molecular weight is 220 g/mol. The van der Waals surface area contributed by atoms with Crippen LogP contribution in [0.1, 0.15) is 44.9 Å². The second-order valence-corrected chi connectivity index (χ2v) is 4.89. The van der Waals surface area contributed by atoms with Crippen molar-refractivity contribution in [3.05, 3.63) is 11.6 Å². The number of hydrogen-bond donors (Lipinski definition) is 1. The van der Waals surface area contributed by atoms with E-state index in [-0.39, 0.29) is 5.91 Å². The lowest BCUT2D eigenvalue weighted by atomic mass is 9.83. The Morgan fingerprint density at radius 1 is 1.38 bits per heavy atom. The normalized spacial score (nSPS) is 22.5. The van der Waals surface area contributed by atoms with Crippen LogP contribution >= 0.6 is 0 Å². The molecule has 3 nitrogen and oxygen atoms in total. The summed E-state index contributed by atoms with van der Waals surface area (Å²) in [6.45, 7) is 0.733. The van der Waals surface area contributed by atoms with E-state index in [1.807, 2.05) is 6.08 Å². The van der Waals surface area contributed by atoms with Crippen molar-refractivity contribution in [2.75, 3.05) is 6.54 Å². The number of amides is 1. The molecule has 2 rings (SSSR count). The van der Waals surface area contributed by atoms with Crippen molar-refractivity contribution in [1.29, 1.82) is 0 Å². The number of dihydropyridines is 1. The highest BCUT2D eigenvalue weighted by molar-refractivity contribution is 6.43. The van der Waals surface area contributed by atoms with Crippen molar-refractivity contribution in [1.82, 2.24) is 0 Å². The fourth-order valence-electron chi connectivity index (χ4n) is 2.70. The van der Waals surface area contributed by atoms with E-state index in [0.717, 1.165) is 25.3 Å². The van der Waals surface area contributed by atoms with E-state index in [9.17, 15) is 4.79 Å². The van der Waals surface area contributed by atoms with Gasteiger partial charge in [0.1, 0.15) is 5.71 Å². The molecule has 1 aliphatic carbocycles. The van der Waals surface area contributed by atoms with Crippen LogP contribution in [0.3, 0.4) is 0 Å². The molecule has 2 aliphatic rings. The molecule has 0 unspecified atom stereocenters. The molecule has 1 aliphatic heterocycles. The van der Waals surface area contributed by atoms with E-state index in [0.29, 0.717) is 5.71 Å². The lowest BCUT2D eigenvalue weighted by Gasteiger charge is -2.23. The molecule has 0 spiro atoms. The van der Waals surface area contributed by atoms with Crippen molar-refractivity contribution in [2.45, 2.75) is 44.9 Å². The molecule has 0 bridgehead atoms. The minimum absolute atomic E-state index is 0.388. The predicted molar refractivity (Wildman–Crippen MR) is 65.4 cm³/mol. The van der Waals surface area contributed by atoms with Gasteiger partial charge in [0.25, 0.3) is 5.91 Å². The van der Waals surface area contributed by atoms with Crippen molar-refractivity contribution < 1.29 is 4.79 Å². The van der Waals surface area contributed by atoms with Crippen LogP contribution in [0.2, 0.25) is 0 Å². The van der Waals surface area contributed by atoms with E-state index in [1.165, 1.54) is 37.7 Å². The van der Waals surface area contributed by atoms with Crippen LogP contribution in [-0.4, -0.2) is 18.2 Å². The van der Waals surface area contributed by atoms with Crippen LogP contribution in [0.25, 0.3) is 0 Å². The summed E-state index contributed by atoms with van der Waals surface area (Å²) in [5.74, 6) is 0.438. The third-order valence-corrected chi connectivity index (χ3v) is 3.58. The molecule has 1 fully saturated rings. The third-order valence-electron chi connectivity index (χ3n) is 3.58. The molecule has 88 valence electrons. The third kappa shape index (κ3) is 2.94. The summed E-state index contributed by atoms with van der Waals surface area (Å²) in [4.78, 5) is 15.2. The molecule has 16 heavy (non-hydrogen) atoms. The Morgan fingerprint density at radius 3 is 2.81 bits per heavy atom. The first-order valence-electron chi connectivity index (χ1n) is 6.29. The van der Waals surface area contributed by atoms with E-state index in [1.54, 1.807) is 0 Å². The monoisotopic (exact) mass is 220 g/mol. The maximum Gasteiger partial charge on any atom is 0.266 e. The molecule has 0 saturated heterocycles. The summed E-state index contributed by atoms with van der Waals surface area (Å²) < 4.78 is 0. The number of primary amides is 1. The summed E-state index contributed by atoms with van der Waals surface area (Å²) in [6, 6.07) is 0. The highest BCUT2D eigenvalue weighted by Gasteiger charge is 2.17. The molecule has 2 N–H and O–H groups in total. The molecule has 0 aromatic rings. The summed E-state index contributed by atoms with van der Waals surface area (Å²) in [5.41, 5.74) is 7.09. The van der Waals surface area contributed by atoms with Crippen LogP contribution in [0.15, 0.2) is 16.6 Å². The standard InChI is InChI=1S/C13H20N2O/c14-13(16)12-9-11(6-7-15-12)8-10-4-2-1-3-5-10/h9-10H,1-8H2,(H2,14,16). The largest absolute Gasteiger partial charge is 0.364 e. The van der Waals surface area contributed by atoms with Crippen LogP contribution in [0, 0.1) is 5.92 Å². The molecule has 1 heterocycles. The highest BCUT2D eigenvalue weighted by Crippen LogP contribution is 2.30. The number of hydrogen-bond acceptors (Lipinski definition) is 2. The quantitative estimate of drug-likeness (QED) is 0.779. The van der Waals surface area contributed by atoms with Crippen molar-refractivity contribution in [3.63, 3.8) is 0 Å². The van der Waals surface area contributed by atoms with E-state index in [2.05, 4.69) is 4.99 Å². The van der Waals surface area contributed by atoms with E-state index in [4.69, 9.17) is 5.73 Å². The maximum absolute atomic E-state index is 11.0. The Balaban J connectivity index is 1.94. The summed E-state index contributed by atoms with van der Waals surface area (Å²) in [7, 11) is 0. The second-order valence-electron chi connectivity index (χ2n) is 4.89. The van der Waals surface area contributed by atoms with Gasteiger partial charge < -0.3 is 5.73 Å². The Bertz CT molecular complexity index is 325. The number of rotatable bonds is 3. The van der Waals surface area contributed by atoms with Crippen molar-refractivity contribution in [2.24, 2.45) is 16.6 Å². The first-order valence-corrected chi connectivity index (χ1v) is 6.29. The lowest BCUT2D eigenvalue weighted by Crippen LogP contribution is -2.24. The van der Waals surface area contributed by atoms with Gasteiger partial charge in [-0.1, -0.05) is 37.7 Å². The number of nitrogens with two attached hydrogens (primary N) is 1. The molecule has 1 saturated carbocycles. The SMILES string of the molecule is NC(=O)C1=NCCC(CC2CCCCC2)=C1. The molecule has 0 radical (unpaired) electrons. The van der Waals surface area contributed by atoms with Crippen LogP contribution in [0.5, 0.6) is 0 Å². The predicted octanol–water partition coefficient (Wildman–Crippen LogP) is 2.21. The maximum atomic E-state index is 11.0. The van der Waals surface area contributed by atoms with Crippen molar-refractivity contribution in [3.8, 4) is 0 Å². The van der Waals surface area contributed by atoms with Gasteiger partial charge in [0.05, 0.1) is 0 Å². The topological polar surface area (TPSA) is 55.5 Å². The molecule has 0 aromatic carbocycles. The van der Waals surface area contributed by atoms with E-state index < -0.39 is 0 Å². The fourth-order valence-corrected chi connectivity index (χ4v) is 2.70. The highest BCUT2D eigenvalue weighted by atomic mass is 16.1. The number of carbonyl (C=O) groups is 1. The van der Waals surface area contributed by atoms with Gasteiger partial charge in [-0.3, -0.25) is 9.79 Å². The second kappa shape index (κ2) is 5.28. The molecular weight excluding hydrogens is 200 g/mol. The number of carbonyl (C=O) groups excluding carboxylic acids is 1. The van der Waals surface area contributed by atoms with Crippen LogP contribution < -0.4 is 5.73 Å². The van der Waals surface area contributed by atoms with Gasteiger partial charge in [0.2, 0.25) is 0 Å². The number of aliphatic imine (C=N–C) groups is 1. The van der Waals surface area contributed by atoms with Crippen LogP contribution in [0.4, 0.5) is 0 Å². The van der Waals surface area contributed by atoms with E-state index >= 15 is 0 Å². The average Bonchev–Trinajstić information content (AvgIpc) is 2.30. The Hall–Kier alpha value is -1.12. The Kier molecular flexibility index (Phi) is 3.75. The molecule has 0 aromatic heterocycles. The van der Waals surface area contributed by atoms with Crippen molar-refractivity contribution >= 4 is 11.6 Å². The smallest absolute Gasteiger partial charge is 0.266 e. The molecule has 3 heteroatoms. The lowest BCUT2D eigenvalue weighted by molar-refractivity contribution is -0.111. The zero-order chi connectivity index (χ0) is 11.4. The first-order chi connectivity index (χ1) is 7.75. The minimum atomic E-state index is -0.388. The first kappa shape index (κ1) is 11.4. The van der Waals surface area contributed by atoms with Gasteiger partial charge in [0, 0.05) is 6.54 Å². The summed E-state index contributed by atoms with van der Waals surface area (Å²) in [6.07, 6.45) is 10.9. The molecule has 0 atom stereocenters. The Labute approximate surface area is 96.8 Å². The zero-order valence-electron chi connectivity index (χ0n) is 9.74. The number of nitrogens with zero attached hydrogens (tertiary/aromatic N) is 1. The Morgan fingerprint density at radius 2 is 2.12 bits per heavy atom. The summed E-state index contributed by atoms with van der Waals surface area (Å²) in [5, 5.41) is 0. The van der Waals surface area contributed by atoms with Gasteiger partial charge >= 0.3 is 0 Å². The molecular formula is C13H20N2O.